The molecule has 0 amide bonds. The van der Waals surface area contributed by atoms with Crippen molar-refractivity contribution < 1.29 is 13.2 Å². The van der Waals surface area contributed by atoms with Crippen LogP contribution in [0.3, 0.4) is 0 Å². The maximum Gasteiger partial charge on any atom is 0.220 e. The Labute approximate surface area is 102 Å². The molecule has 0 radical (unpaired) electrons. The topological polar surface area (TPSA) is 46.6 Å². The summed E-state index contributed by atoms with van der Waals surface area (Å²) >= 11 is 0. The zero-order valence-electron chi connectivity index (χ0n) is 9.93. The summed E-state index contributed by atoms with van der Waals surface area (Å²) in [5.41, 5.74) is 1.91. The first-order valence-electron chi connectivity index (χ1n) is 5.69. The van der Waals surface area contributed by atoms with Crippen molar-refractivity contribution in [1.82, 2.24) is 4.31 Å². The Morgan fingerprint density at radius 3 is 2.88 bits per heavy atom. The Balaban J connectivity index is 2.11. The molecule has 5 heteroatoms. The summed E-state index contributed by atoms with van der Waals surface area (Å²) in [6, 6.07) is 7.59. The fourth-order valence-electron chi connectivity index (χ4n) is 1.90. The molecule has 1 aromatic carbocycles. The molecule has 0 unspecified atom stereocenters. The number of sulfonamides is 1. The van der Waals surface area contributed by atoms with Crippen molar-refractivity contribution in [2.75, 3.05) is 19.9 Å². The quantitative estimate of drug-likeness (QED) is 0.822. The van der Waals surface area contributed by atoms with E-state index in [0.717, 1.165) is 17.5 Å². The normalized spacial score (nSPS) is 18.2. The maximum atomic E-state index is 12.1. The van der Waals surface area contributed by atoms with Crippen LogP contribution < -0.4 is 0 Å². The van der Waals surface area contributed by atoms with Crippen LogP contribution >= 0.6 is 0 Å². The van der Waals surface area contributed by atoms with Gasteiger partial charge in [0, 0.05) is 13.2 Å². The van der Waals surface area contributed by atoms with E-state index in [0.29, 0.717) is 13.2 Å². The van der Waals surface area contributed by atoms with E-state index in [1.54, 1.807) is 0 Å². The number of hydrogen-bond acceptors (Lipinski definition) is 3. The lowest BCUT2D eigenvalue weighted by Gasteiger charge is -2.25. The largest absolute Gasteiger partial charge is 0.365 e. The van der Waals surface area contributed by atoms with Crippen molar-refractivity contribution in [1.29, 1.82) is 0 Å². The predicted molar refractivity (Wildman–Crippen MR) is 65.9 cm³/mol. The van der Waals surface area contributed by atoms with E-state index in [1.165, 1.54) is 4.31 Å². The summed E-state index contributed by atoms with van der Waals surface area (Å²) in [4.78, 5) is 0. The fourth-order valence-corrected chi connectivity index (χ4v) is 3.32. The standard InChI is InChI=1S/C12H17NO3S/c1-11-4-2-5-12(8-11)9-17(14,15)13-6-3-7-16-10-13/h2,4-5,8H,3,6-7,9-10H2,1H3. The van der Waals surface area contributed by atoms with Crippen LogP contribution in [0, 0.1) is 6.92 Å². The molecular weight excluding hydrogens is 238 g/mol. The minimum atomic E-state index is -3.24. The van der Waals surface area contributed by atoms with Crippen molar-refractivity contribution >= 4 is 10.0 Å². The first-order chi connectivity index (χ1) is 8.08. The SMILES string of the molecule is Cc1cccc(CS(=O)(=O)N2CCCOC2)c1. The highest BCUT2D eigenvalue weighted by Gasteiger charge is 2.24. The van der Waals surface area contributed by atoms with Crippen molar-refractivity contribution in [3.05, 3.63) is 35.4 Å². The second-order valence-corrected chi connectivity index (χ2v) is 6.28. The van der Waals surface area contributed by atoms with Crippen LogP contribution in [-0.2, 0) is 20.5 Å². The molecule has 17 heavy (non-hydrogen) atoms. The molecule has 1 aromatic rings. The van der Waals surface area contributed by atoms with Gasteiger partial charge in [0.05, 0.1) is 5.75 Å². The molecule has 0 atom stereocenters. The van der Waals surface area contributed by atoms with Gasteiger partial charge < -0.3 is 4.74 Å². The molecule has 2 rings (SSSR count). The van der Waals surface area contributed by atoms with E-state index in [4.69, 9.17) is 4.74 Å². The third kappa shape index (κ3) is 3.28. The van der Waals surface area contributed by atoms with E-state index in [2.05, 4.69) is 0 Å². The minimum absolute atomic E-state index is 0.0536. The third-order valence-corrected chi connectivity index (χ3v) is 4.53. The Morgan fingerprint density at radius 2 is 2.24 bits per heavy atom. The van der Waals surface area contributed by atoms with Gasteiger partial charge in [-0.15, -0.1) is 0 Å². The monoisotopic (exact) mass is 255 g/mol. The first-order valence-corrected chi connectivity index (χ1v) is 7.30. The molecule has 1 fully saturated rings. The molecule has 4 nitrogen and oxygen atoms in total. The summed E-state index contributed by atoms with van der Waals surface area (Å²) < 4.78 is 30.8. The Kier molecular flexibility index (Phi) is 3.81. The predicted octanol–water partition coefficient (Wildman–Crippen LogP) is 1.50. The second kappa shape index (κ2) is 5.16. The van der Waals surface area contributed by atoms with Gasteiger partial charge in [-0.1, -0.05) is 29.8 Å². The average Bonchev–Trinajstić information content (AvgIpc) is 2.29. The number of nitrogens with zero attached hydrogens (tertiary/aromatic N) is 1. The number of ether oxygens (including phenoxy) is 1. The van der Waals surface area contributed by atoms with Gasteiger partial charge in [-0.2, -0.15) is 4.31 Å². The summed E-state index contributed by atoms with van der Waals surface area (Å²) in [7, 11) is -3.24. The summed E-state index contributed by atoms with van der Waals surface area (Å²) in [6.07, 6.45) is 0.771. The van der Waals surface area contributed by atoms with Crippen LogP contribution in [-0.4, -0.2) is 32.6 Å². The smallest absolute Gasteiger partial charge is 0.220 e. The molecular formula is C12H17NO3S. The molecule has 94 valence electrons. The zero-order valence-corrected chi connectivity index (χ0v) is 10.7. The van der Waals surface area contributed by atoms with Crippen LogP contribution in [0.2, 0.25) is 0 Å². The summed E-state index contributed by atoms with van der Waals surface area (Å²) in [5, 5.41) is 0. The van der Waals surface area contributed by atoms with Crippen LogP contribution in [0.25, 0.3) is 0 Å². The van der Waals surface area contributed by atoms with Crippen molar-refractivity contribution in [3.8, 4) is 0 Å². The van der Waals surface area contributed by atoms with Gasteiger partial charge in [-0.05, 0) is 18.9 Å². The molecule has 1 saturated heterocycles. The lowest BCUT2D eigenvalue weighted by Crippen LogP contribution is -2.38. The molecule has 0 saturated carbocycles. The van der Waals surface area contributed by atoms with Gasteiger partial charge in [-0.25, -0.2) is 8.42 Å². The molecule has 0 aliphatic carbocycles. The molecule has 0 N–H and O–H groups in total. The molecule has 1 aliphatic rings. The van der Waals surface area contributed by atoms with Gasteiger partial charge in [0.2, 0.25) is 10.0 Å². The zero-order chi connectivity index (χ0) is 12.3. The summed E-state index contributed by atoms with van der Waals surface area (Å²) in [6.45, 7) is 3.36. The van der Waals surface area contributed by atoms with Gasteiger partial charge in [-0.3, -0.25) is 0 Å². The lowest BCUT2D eigenvalue weighted by molar-refractivity contribution is 0.0312. The Bertz CT molecular complexity index is 478. The number of rotatable bonds is 3. The fraction of sp³-hybridized carbons (Fsp3) is 0.500. The molecule has 0 bridgehead atoms. The van der Waals surface area contributed by atoms with Crippen LogP contribution in [0.15, 0.2) is 24.3 Å². The Morgan fingerprint density at radius 1 is 1.41 bits per heavy atom. The minimum Gasteiger partial charge on any atom is -0.365 e. The van der Waals surface area contributed by atoms with E-state index < -0.39 is 10.0 Å². The summed E-state index contributed by atoms with van der Waals surface area (Å²) in [5.74, 6) is 0.0536. The lowest BCUT2D eigenvalue weighted by atomic mass is 10.2. The highest BCUT2D eigenvalue weighted by Crippen LogP contribution is 2.14. The van der Waals surface area contributed by atoms with Gasteiger partial charge in [0.25, 0.3) is 0 Å². The average molecular weight is 255 g/mol. The maximum absolute atomic E-state index is 12.1. The van der Waals surface area contributed by atoms with E-state index in [1.807, 2.05) is 31.2 Å². The van der Waals surface area contributed by atoms with E-state index in [9.17, 15) is 8.42 Å². The highest BCUT2D eigenvalue weighted by molar-refractivity contribution is 7.88. The van der Waals surface area contributed by atoms with Crippen LogP contribution in [0.4, 0.5) is 0 Å². The molecule has 1 aliphatic heterocycles. The van der Waals surface area contributed by atoms with E-state index in [-0.39, 0.29) is 12.5 Å². The van der Waals surface area contributed by atoms with Gasteiger partial charge in [0.15, 0.2) is 0 Å². The molecule has 1 heterocycles. The number of hydrogen-bond donors (Lipinski definition) is 0. The Hall–Kier alpha value is -0.910. The molecule has 0 spiro atoms. The number of benzene rings is 1. The van der Waals surface area contributed by atoms with Gasteiger partial charge in [0.1, 0.15) is 6.73 Å². The van der Waals surface area contributed by atoms with Crippen LogP contribution in [0.5, 0.6) is 0 Å². The van der Waals surface area contributed by atoms with Crippen molar-refractivity contribution in [2.45, 2.75) is 19.1 Å². The van der Waals surface area contributed by atoms with Crippen molar-refractivity contribution in [2.24, 2.45) is 0 Å². The first kappa shape index (κ1) is 12.5. The van der Waals surface area contributed by atoms with Gasteiger partial charge >= 0.3 is 0 Å². The second-order valence-electron chi connectivity index (χ2n) is 4.31. The van der Waals surface area contributed by atoms with E-state index >= 15 is 0 Å². The number of aryl methyl sites for hydroxylation is 1. The molecule has 0 aromatic heterocycles. The highest BCUT2D eigenvalue weighted by atomic mass is 32.2. The van der Waals surface area contributed by atoms with Crippen molar-refractivity contribution in [3.63, 3.8) is 0 Å². The third-order valence-electron chi connectivity index (χ3n) is 2.76. The van der Waals surface area contributed by atoms with Crippen LogP contribution in [0.1, 0.15) is 17.5 Å².